The molecule has 0 bridgehead atoms. The van der Waals surface area contributed by atoms with E-state index in [0.29, 0.717) is 0 Å². The second-order valence-corrected chi connectivity index (χ2v) is 4.65. The molecule has 0 unspecified atom stereocenters. The fourth-order valence-corrected chi connectivity index (χ4v) is 2.67. The van der Waals surface area contributed by atoms with E-state index >= 15 is 0 Å². The molecule has 17 heavy (non-hydrogen) atoms. The van der Waals surface area contributed by atoms with Gasteiger partial charge in [0.1, 0.15) is 11.7 Å². The summed E-state index contributed by atoms with van der Waals surface area (Å²) in [7, 11) is 0. The molecule has 0 fully saturated rings. The molecule has 1 aliphatic carbocycles. The van der Waals surface area contributed by atoms with Crippen molar-refractivity contribution in [3.05, 3.63) is 70.8 Å². The van der Waals surface area contributed by atoms with Crippen LogP contribution < -0.4 is 0 Å². The molecule has 86 valence electrons. The summed E-state index contributed by atoms with van der Waals surface area (Å²) >= 11 is 0. The normalized spacial score (nSPS) is 26.2. The van der Waals surface area contributed by atoms with E-state index in [0.717, 1.165) is 22.3 Å². The zero-order valence-corrected chi connectivity index (χ0v) is 9.59. The predicted octanol–water partition coefficient (Wildman–Crippen LogP) is 2.34. The van der Waals surface area contributed by atoms with Crippen LogP contribution in [0.25, 0.3) is 0 Å². The van der Waals surface area contributed by atoms with Crippen molar-refractivity contribution in [2.24, 2.45) is 0 Å². The molecule has 2 N–H and O–H groups in total. The van der Waals surface area contributed by atoms with Crippen LogP contribution in [0.4, 0.5) is 0 Å². The highest BCUT2D eigenvalue weighted by atomic mass is 16.3. The van der Waals surface area contributed by atoms with Gasteiger partial charge in [0.25, 0.3) is 0 Å². The van der Waals surface area contributed by atoms with Gasteiger partial charge in [-0.2, -0.15) is 0 Å². The molecule has 0 radical (unpaired) electrons. The number of fused-ring (bicyclic) bond motifs is 2. The Balaban J connectivity index is 2.34. The van der Waals surface area contributed by atoms with Crippen molar-refractivity contribution >= 4 is 0 Å². The standard InChI is InChI=1S/C15H14O2/c1-15(17)12-8-4-2-6-10(12)14(16)11-7-3-5-9-13(11)15/h2-9,14,16-17H,1H3. The molecule has 3 rings (SSSR count). The lowest BCUT2D eigenvalue weighted by atomic mass is 9.74. The van der Waals surface area contributed by atoms with Gasteiger partial charge >= 0.3 is 0 Å². The van der Waals surface area contributed by atoms with Gasteiger partial charge < -0.3 is 10.2 Å². The molecule has 2 aromatic rings. The fraction of sp³-hybridized carbons (Fsp3) is 0.200. The van der Waals surface area contributed by atoms with Crippen molar-refractivity contribution in [2.45, 2.75) is 18.6 Å². The summed E-state index contributed by atoms with van der Waals surface area (Å²) < 4.78 is 0. The summed E-state index contributed by atoms with van der Waals surface area (Å²) in [5.41, 5.74) is 2.11. The van der Waals surface area contributed by atoms with E-state index in [1.165, 1.54) is 0 Å². The summed E-state index contributed by atoms with van der Waals surface area (Å²) in [5, 5.41) is 21.0. The minimum Gasteiger partial charge on any atom is -0.384 e. The van der Waals surface area contributed by atoms with Crippen molar-refractivity contribution in [1.29, 1.82) is 0 Å². The summed E-state index contributed by atoms with van der Waals surface area (Å²) in [5.74, 6) is 0. The zero-order chi connectivity index (χ0) is 12.0. The molecule has 0 atom stereocenters. The van der Waals surface area contributed by atoms with Gasteiger partial charge in [-0.15, -0.1) is 0 Å². The average Bonchev–Trinajstić information content (AvgIpc) is 2.37. The lowest BCUT2D eigenvalue weighted by Crippen LogP contribution is -2.31. The van der Waals surface area contributed by atoms with Gasteiger partial charge in [0, 0.05) is 0 Å². The molecule has 0 amide bonds. The quantitative estimate of drug-likeness (QED) is 0.724. The number of aliphatic hydroxyl groups is 2. The van der Waals surface area contributed by atoms with E-state index in [1.54, 1.807) is 6.92 Å². The van der Waals surface area contributed by atoms with E-state index in [9.17, 15) is 10.2 Å². The Labute approximate surface area is 100 Å². The molecule has 0 aliphatic heterocycles. The summed E-state index contributed by atoms with van der Waals surface area (Å²) in [6.07, 6.45) is -0.650. The molecule has 2 heteroatoms. The molecule has 1 aliphatic rings. The van der Waals surface area contributed by atoms with Crippen molar-refractivity contribution < 1.29 is 10.2 Å². The van der Waals surface area contributed by atoms with E-state index < -0.39 is 11.7 Å². The minimum atomic E-state index is -1.04. The van der Waals surface area contributed by atoms with Gasteiger partial charge in [-0.25, -0.2) is 0 Å². The maximum atomic E-state index is 10.7. The van der Waals surface area contributed by atoms with Gasteiger partial charge in [-0.05, 0) is 29.2 Å². The molecule has 0 spiro atoms. The van der Waals surface area contributed by atoms with Gasteiger partial charge in [-0.1, -0.05) is 48.5 Å². The van der Waals surface area contributed by atoms with Crippen LogP contribution in [0.1, 0.15) is 35.3 Å². The highest BCUT2D eigenvalue weighted by molar-refractivity contribution is 5.52. The number of hydrogen-bond donors (Lipinski definition) is 2. The van der Waals surface area contributed by atoms with Crippen molar-refractivity contribution in [1.82, 2.24) is 0 Å². The minimum absolute atomic E-state index is 0.650. The van der Waals surface area contributed by atoms with Crippen LogP contribution in [0.15, 0.2) is 48.5 Å². The third kappa shape index (κ3) is 1.35. The van der Waals surface area contributed by atoms with E-state index in [4.69, 9.17) is 0 Å². The van der Waals surface area contributed by atoms with Crippen molar-refractivity contribution in [3.63, 3.8) is 0 Å². The Morgan fingerprint density at radius 2 is 1.29 bits per heavy atom. The summed E-state index contributed by atoms with van der Waals surface area (Å²) in [6.45, 7) is 1.77. The number of aliphatic hydroxyl groups excluding tert-OH is 1. The summed E-state index contributed by atoms with van der Waals surface area (Å²) in [6, 6.07) is 15.0. The molecule has 2 nitrogen and oxygen atoms in total. The first-order valence-electron chi connectivity index (χ1n) is 5.71. The predicted molar refractivity (Wildman–Crippen MR) is 65.6 cm³/mol. The highest BCUT2D eigenvalue weighted by Crippen LogP contribution is 2.43. The van der Waals surface area contributed by atoms with Crippen LogP contribution in [-0.4, -0.2) is 10.2 Å². The van der Waals surface area contributed by atoms with Crippen molar-refractivity contribution in [2.75, 3.05) is 0 Å². The third-order valence-electron chi connectivity index (χ3n) is 3.56. The molecular formula is C15H14O2. The zero-order valence-electron chi connectivity index (χ0n) is 9.59. The Morgan fingerprint density at radius 1 is 0.882 bits per heavy atom. The largest absolute Gasteiger partial charge is 0.384 e. The van der Waals surface area contributed by atoms with Gasteiger partial charge in [0.05, 0.1) is 0 Å². The van der Waals surface area contributed by atoms with Crippen LogP contribution in [0, 0.1) is 0 Å². The Hall–Kier alpha value is -1.64. The van der Waals surface area contributed by atoms with Crippen molar-refractivity contribution in [3.8, 4) is 0 Å². The number of benzene rings is 2. The maximum absolute atomic E-state index is 10.7. The second-order valence-electron chi connectivity index (χ2n) is 4.65. The average molecular weight is 226 g/mol. The van der Waals surface area contributed by atoms with Gasteiger partial charge in [-0.3, -0.25) is 0 Å². The molecule has 0 heterocycles. The van der Waals surface area contributed by atoms with Crippen LogP contribution in [0.3, 0.4) is 0 Å². The SMILES string of the molecule is CC1(O)c2ccccc2C(O)c2ccccc21. The van der Waals surface area contributed by atoms with Crippen LogP contribution in [0.2, 0.25) is 0 Å². The maximum Gasteiger partial charge on any atom is 0.113 e. The summed E-state index contributed by atoms with van der Waals surface area (Å²) in [4.78, 5) is 0. The topological polar surface area (TPSA) is 40.5 Å². The van der Waals surface area contributed by atoms with Crippen LogP contribution >= 0.6 is 0 Å². The van der Waals surface area contributed by atoms with E-state index in [2.05, 4.69) is 0 Å². The first-order valence-corrected chi connectivity index (χ1v) is 5.71. The smallest absolute Gasteiger partial charge is 0.113 e. The van der Waals surface area contributed by atoms with E-state index in [1.807, 2.05) is 48.5 Å². The number of hydrogen-bond acceptors (Lipinski definition) is 2. The van der Waals surface area contributed by atoms with E-state index in [-0.39, 0.29) is 0 Å². The molecule has 2 aromatic carbocycles. The first-order chi connectivity index (χ1) is 8.12. The number of rotatable bonds is 0. The lowest BCUT2D eigenvalue weighted by Gasteiger charge is -2.36. The van der Waals surface area contributed by atoms with Crippen LogP contribution in [-0.2, 0) is 5.60 Å². The fourth-order valence-electron chi connectivity index (χ4n) is 2.67. The molecule has 0 saturated heterocycles. The molecule has 0 aromatic heterocycles. The Bertz CT molecular complexity index is 523. The second kappa shape index (κ2) is 3.42. The van der Waals surface area contributed by atoms with Gasteiger partial charge in [0.15, 0.2) is 0 Å². The highest BCUT2D eigenvalue weighted by Gasteiger charge is 2.37. The lowest BCUT2D eigenvalue weighted by molar-refractivity contribution is 0.0844. The molecule has 0 saturated carbocycles. The molecular weight excluding hydrogens is 212 g/mol. The Morgan fingerprint density at radius 3 is 1.76 bits per heavy atom. The Kier molecular flexibility index (Phi) is 2.12. The first kappa shape index (κ1) is 10.5. The van der Waals surface area contributed by atoms with Gasteiger partial charge in [0.2, 0.25) is 0 Å². The monoisotopic (exact) mass is 226 g/mol. The third-order valence-corrected chi connectivity index (χ3v) is 3.56. The van der Waals surface area contributed by atoms with Crippen LogP contribution in [0.5, 0.6) is 0 Å².